The number of halogens is 1. The van der Waals surface area contributed by atoms with Gasteiger partial charge < -0.3 is 15.6 Å². The van der Waals surface area contributed by atoms with Gasteiger partial charge in [-0.25, -0.2) is 4.98 Å². The Morgan fingerprint density at radius 2 is 2.58 bits per heavy atom. The fraction of sp³-hybridized carbons (Fsp3) is 0.500. The van der Waals surface area contributed by atoms with Gasteiger partial charge in [0.25, 0.3) is 5.19 Å². The maximum Gasteiger partial charge on any atom is 0.274 e. The van der Waals surface area contributed by atoms with Crippen molar-refractivity contribution in [3.05, 3.63) is 9.98 Å². The number of hydrogen-bond acceptors (Lipinski definition) is 5. The van der Waals surface area contributed by atoms with Crippen molar-refractivity contribution in [2.45, 2.75) is 6.10 Å². The van der Waals surface area contributed by atoms with E-state index in [4.69, 9.17) is 15.6 Å². The van der Waals surface area contributed by atoms with E-state index in [2.05, 4.69) is 20.9 Å². The minimum Gasteiger partial charge on any atom is -0.467 e. The summed E-state index contributed by atoms with van der Waals surface area (Å²) in [5, 5.41) is 9.58. The molecule has 0 bridgehead atoms. The van der Waals surface area contributed by atoms with Crippen molar-refractivity contribution in [1.82, 2.24) is 4.98 Å². The second-order valence-electron chi connectivity index (χ2n) is 2.13. The number of nitrogens with zero attached hydrogens (tertiary/aromatic N) is 1. The lowest BCUT2D eigenvalue weighted by Gasteiger charge is -2.06. The molecule has 1 rings (SSSR count). The number of nitrogens with two attached hydrogens (primary N) is 1. The van der Waals surface area contributed by atoms with Gasteiger partial charge in [-0.15, -0.1) is 0 Å². The maximum atomic E-state index is 9.04. The lowest BCUT2D eigenvalue weighted by atomic mass is 10.4. The van der Waals surface area contributed by atoms with E-state index < -0.39 is 6.10 Å². The quantitative estimate of drug-likeness (QED) is 0.824. The zero-order valence-electron chi connectivity index (χ0n) is 6.24. The third-order valence-corrected chi connectivity index (χ3v) is 2.52. The first-order valence-electron chi connectivity index (χ1n) is 3.34. The molecule has 0 aliphatic heterocycles. The van der Waals surface area contributed by atoms with Gasteiger partial charge in [0.2, 0.25) is 0 Å². The van der Waals surface area contributed by atoms with Crippen molar-refractivity contribution in [3.8, 4) is 5.19 Å². The summed E-state index contributed by atoms with van der Waals surface area (Å²) in [7, 11) is 0. The molecule has 0 aliphatic rings. The summed E-state index contributed by atoms with van der Waals surface area (Å²) in [6.07, 6.45) is 1.03. The molecule has 1 heterocycles. The van der Waals surface area contributed by atoms with Crippen LogP contribution in [0, 0.1) is 0 Å². The average Bonchev–Trinajstić information content (AvgIpc) is 2.47. The van der Waals surface area contributed by atoms with Crippen LogP contribution in [0.2, 0.25) is 0 Å². The highest BCUT2D eigenvalue weighted by Gasteiger charge is 2.04. The Hall–Kier alpha value is -0.170. The van der Waals surface area contributed by atoms with Gasteiger partial charge in [-0.2, -0.15) is 0 Å². The summed E-state index contributed by atoms with van der Waals surface area (Å²) < 4.78 is 6.03. The second kappa shape index (κ2) is 4.76. The van der Waals surface area contributed by atoms with E-state index in [0.29, 0.717) is 5.19 Å². The summed E-state index contributed by atoms with van der Waals surface area (Å²) in [4.78, 5) is 3.92. The maximum absolute atomic E-state index is 9.04. The van der Waals surface area contributed by atoms with Crippen LogP contribution in [0.3, 0.4) is 0 Å². The molecule has 68 valence electrons. The summed E-state index contributed by atoms with van der Waals surface area (Å²) in [6, 6.07) is 0. The van der Waals surface area contributed by atoms with Gasteiger partial charge >= 0.3 is 0 Å². The van der Waals surface area contributed by atoms with Crippen molar-refractivity contribution in [2.75, 3.05) is 13.2 Å². The molecule has 1 aromatic rings. The van der Waals surface area contributed by atoms with Crippen LogP contribution >= 0.6 is 27.3 Å². The number of aliphatic hydroxyl groups is 1. The lowest BCUT2D eigenvalue weighted by Crippen LogP contribution is -2.26. The van der Waals surface area contributed by atoms with Crippen LogP contribution in [-0.2, 0) is 0 Å². The predicted octanol–water partition coefficient (Wildman–Crippen LogP) is 0.604. The molecule has 0 saturated heterocycles. The molecule has 0 saturated carbocycles. The number of ether oxygens (including phenoxy) is 1. The molecule has 0 fully saturated rings. The van der Waals surface area contributed by atoms with Crippen molar-refractivity contribution in [2.24, 2.45) is 5.73 Å². The van der Waals surface area contributed by atoms with Crippen molar-refractivity contribution in [3.63, 3.8) is 0 Å². The Kier molecular flexibility index (Phi) is 3.93. The molecule has 0 aromatic carbocycles. The van der Waals surface area contributed by atoms with Gasteiger partial charge in [-0.05, 0) is 15.9 Å². The minimum absolute atomic E-state index is 0.191. The van der Waals surface area contributed by atoms with Gasteiger partial charge in [0.1, 0.15) is 12.7 Å². The van der Waals surface area contributed by atoms with E-state index in [-0.39, 0.29) is 13.2 Å². The van der Waals surface area contributed by atoms with Crippen LogP contribution in [0.4, 0.5) is 0 Å². The Bertz CT molecular complexity index is 243. The van der Waals surface area contributed by atoms with Gasteiger partial charge in [-0.3, -0.25) is 0 Å². The highest BCUT2D eigenvalue weighted by Crippen LogP contribution is 2.24. The van der Waals surface area contributed by atoms with E-state index in [1.165, 1.54) is 11.3 Å². The SMILES string of the molecule is NCC(O)COc1ncc(Br)s1. The standard InChI is InChI=1S/C6H9BrN2O2S/c7-5-2-9-6(12-5)11-3-4(10)1-8/h2,4,10H,1,3,8H2. The smallest absolute Gasteiger partial charge is 0.274 e. The van der Waals surface area contributed by atoms with Crippen LogP contribution in [0.25, 0.3) is 0 Å². The second-order valence-corrected chi connectivity index (χ2v) is 4.50. The van der Waals surface area contributed by atoms with Crippen LogP contribution in [0.15, 0.2) is 9.98 Å². The van der Waals surface area contributed by atoms with E-state index >= 15 is 0 Å². The van der Waals surface area contributed by atoms with Gasteiger partial charge in [0.05, 0.1) is 9.98 Å². The largest absolute Gasteiger partial charge is 0.467 e. The summed E-state index contributed by atoms with van der Waals surface area (Å²) in [5.74, 6) is 0. The van der Waals surface area contributed by atoms with Gasteiger partial charge in [0.15, 0.2) is 0 Å². The van der Waals surface area contributed by atoms with Crippen molar-refractivity contribution < 1.29 is 9.84 Å². The Morgan fingerprint density at radius 1 is 1.83 bits per heavy atom. The molecule has 3 N–H and O–H groups in total. The van der Waals surface area contributed by atoms with Gasteiger partial charge in [-0.1, -0.05) is 11.3 Å². The fourth-order valence-electron chi connectivity index (χ4n) is 0.542. The molecule has 1 unspecified atom stereocenters. The molecule has 1 aromatic heterocycles. The van der Waals surface area contributed by atoms with E-state index in [0.717, 1.165) is 3.79 Å². The molecular weight excluding hydrogens is 244 g/mol. The first-order chi connectivity index (χ1) is 5.72. The number of hydrogen-bond donors (Lipinski definition) is 2. The molecule has 0 aliphatic carbocycles. The Balaban J connectivity index is 2.33. The number of rotatable bonds is 4. The zero-order chi connectivity index (χ0) is 8.97. The highest BCUT2D eigenvalue weighted by molar-refractivity contribution is 9.11. The number of aliphatic hydroxyl groups excluding tert-OH is 1. The van der Waals surface area contributed by atoms with Crippen LogP contribution < -0.4 is 10.5 Å². The third-order valence-electron chi connectivity index (χ3n) is 1.13. The van der Waals surface area contributed by atoms with Gasteiger partial charge in [0, 0.05) is 6.54 Å². The van der Waals surface area contributed by atoms with E-state index in [1.807, 2.05) is 0 Å². The van der Waals surface area contributed by atoms with E-state index in [9.17, 15) is 0 Å². The Labute approximate surface area is 82.5 Å². The third kappa shape index (κ3) is 3.06. The van der Waals surface area contributed by atoms with E-state index in [1.54, 1.807) is 6.20 Å². The minimum atomic E-state index is -0.618. The van der Waals surface area contributed by atoms with Crippen molar-refractivity contribution in [1.29, 1.82) is 0 Å². The van der Waals surface area contributed by atoms with Crippen molar-refractivity contribution >= 4 is 27.3 Å². The first kappa shape index (κ1) is 9.91. The number of thiazole rings is 1. The molecule has 0 radical (unpaired) electrons. The topological polar surface area (TPSA) is 68.4 Å². The number of aromatic nitrogens is 1. The first-order valence-corrected chi connectivity index (χ1v) is 4.95. The Morgan fingerprint density at radius 3 is 3.08 bits per heavy atom. The molecule has 0 amide bonds. The predicted molar refractivity (Wildman–Crippen MR) is 50.4 cm³/mol. The molecule has 12 heavy (non-hydrogen) atoms. The normalized spacial score (nSPS) is 12.9. The summed E-state index contributed by atoms with van der Waals surface area (Å²) in [5.41, 5.74) is 5.19. The summed E-state index contributed by atoms with van der Waals surface area (Å²) in [6.45, 7) is 0.392. The zero-order valence-corrected chi connectivity index (χ0v) is 8.64. The molecule has 1 atom stereocenters. The molecular formula is C6H9BrN2O2S. The van der Waals surface area contributed by atoms with Crippen LogP contribution in [0.5, 0.6) is 5.19 Å². The van der Waals surface area contributed by atoms with Crippen LogP contribution in [0.1, 0.15) is 0 Å². The monoisotopic (exact) mass is 252 g/mol. The fourth-order valence-corrected chi connectivity index (χ4v) is 1.56. The molecule has 4 nitrogen and oxygen atoms in total. The molecule has 0 spiro atoms. The summed E-state index contributed by atoms with van der Waals surface area (Å²) >= 11 is 4.62. The highest BCUT2D eigenvalue weighted by atomic mass is 79.9. The lowest BCUT2D eigenvalue weighted by molar-refractivity contribution is 0.114. The molecule has 6 heteroatoms. The van der Waals surface area contributed by atoms with Crippen LogP contribution in [-0.4, -0.2) is 29.3 Å². The average molecular weight is 253 g/mol.